The molecule has 1 amide bonds. The zero-order valence-corrected chi connectivity index (χ0v) is 16.4. The Hall–Kier alpha value is -2.33. The Morgan fingerprint density at radius 2 is 1.67 bits per heavy atom. The summed E-state index contributed by atoms with van der Waals surface area (Å²) >= 11 is 0. The van der Waals surface area contributed by atoms with Crippen molar-refractivity contribution in [2.45, 2.75) is 33.3 Å². The first kappa shape index (κ1) is 19.4. The van der Waals surface area contributed by atoms with Gasteiger partial charge >= 0.3 is 0 Å². The summed E-state index contributed by atoms with van der Waals surface area (Å²) in [5.74, 6) is 0.642. The standard InChI is InChI=1S/C23H30N2O2/c1-3-24(4-2)22-11-9-21(10-12-22)23(27)25-14-13-20(16-25)15-18-5-7-19(17-26)8-6-18/h5-12,20,26H,3-4,13-17H2,1-2H3/t20-/m1/s1. The number of hydrogen-bond donors (Lipinski definition) is 1. The van der Waals surface area contributed by atoms with Gasteiger partial charge in [-0.3, -0.25) is 4.79 Å². The van der Waals surface area contributed by atoms with E-state index in [2.05, 4.69) is 43.0 Å². The molecule has 1 aliphatic rings. The minimum absolute atomic E-state index is 0.0824. The van der Waals surface area contributed by atoms with E-state index in [1.807, 2.05) is 29.2 Å². The van der Waals surface area contributed by atoms with Crippen LogP contribution in [0.1, 0.15) is 41.8 Å². The van der Waals surface area contributed by atoms with Crippen LogP contribution in [0.15, 0.2) is 48.5 Å². The van der Waals surface area contributed by atoms with Crippen LogP contribution in [-0.4, -0.2) is 42.1 Å². The molecular weight excluding hydrogens is 336 g/mol. The molecule has 1 heterocycles. The van der Waals surface area contributed by atoms with Gasteiger partial charge in [0.25, 0.3) is 5.91 Å². The Morgan fingerprint density at radius 1 is 1.04 bits per heavy atom. The third kappa shape index (κ3) is 4.69. The summed E-state index contributed by atoms with van der Waals surface area (Å²) in [5, 5.41) is 9.15. The Morgan fingerprint density at radius 3 is 2.26 bits per heavy atom. The number of anilines is 1. The molecule has 0 aromatic heterocycles. The number of aliphatic hydroxyl groups excluding tert-OH is 1. The summed E-state index contributed by atoms with van der Waals surface area (Å²) in [6, 6.07) is 16.1. The maximum absolute atomic E-state index is 12.8. The highest BCUT2D eigenvalue weighted by Crippen LogP contribution is 2.24. The van der Waals surface area contributed by atoms with Crippen molar-refractivity contribution in [1.29, 1.82) is 0 Å². The highest BCUT2D eigenvalue weighted by Gasteiger charge is 2.27. The molecule has 27 heavy (non-hydrogen) atoms. The van der Waals surface area contributed by atoms with Crippen LogP contribution in [0.4, 0.5) is 5.69 Å². The van der Waals surface area contributed by atoms with Gasteiger partial charge < -0.3 is 14.9 Å². The maximum atomic E-state index is 12.8. The first-order valence-electron chi connectivity index (χ1n) is 9.97. The number of hydrogen-bond acceptors (Lipinski definition) is 3. The average Bonchev–Trinajstić information content (AvgIpc) is 3.18. The quantitative estimate of drug-likeness (QED) is 0.812. The zero-order valence-electron chi connectivity index (χ0n) is 16.4. The summed E-state index contributed by atoms with van der Waals surface area (Å²) in [6.07, 6.45) is 2.03. The molecule has 2 aromatic rings. The van der Waals surface area contributed by atoms with Crippen molar-refractivity contribution in [3.63, 3.8) is 0 Å². The van der Waals surface area contributed by atoms with Crippen molar-refractivity contribution in [3.05, 3.63) is 65.2 Å². The Labute approximate surface area is 162 Å². The van der Waals surface area contributed by atoms with Gasteiger partial charge in [0, 0.05) is 37.4 Å². The van der Waals surface area contributed by atoms with Gasteiger partial charge in [-0.25, -0.2) is 0 Å². The van der Waals surface area contributed by atoms with Crippen LogP contribution in [0.5, 0.6) is 0 Å². The molecule has 0 spiro atoms. The molecule has 0 unspecified atom stereocenters. The van der Waals surface area contributed by atoms with Gasteiger partial charge in [0.05, 0.1) is 6.61 Å². The van der Waals surface area contributed by atoms with Gasteiger partial charge in [-0.1, -0.05) is 24.3 Å². The molecule has 1 N–H and O–H groups in total. The van der Waals surface area contributed by atoms with Gasteiger partial charge in [-0.2, -0.15) is 0 Å². The van der Waals surface area contributed by atoms with Crippen LogP contribution in [0.2, 0.25) is 0 Å². The van der Waals surface area contributed by atoms with Crippen LogP contribution >= 0.6 is 0 Å². The molecule has 144 valence electrons. The monoisotopic (exact) mass is 366 g/mol. The number of carbonyl (C=O) groups is 1. The van der Waals surface area contributed by atoms with E-state index >= 15 is 0 Å². The van der Waals surface area contributed by atoms with Crippen LogP contribution in [0.25, 0.3) is 0 Å². The number of aliphatic hydroxyl groups is 1. The van der Waals surface area contributed by atoms with Crippen molar-refractivity contribution in [3.8, 4) is 0 Å². The largest absolute Gasteiger partial charge is 0.392 e. The van der Waals surface area contributed by atoms with Crippen molar-refractivity contribution in [1.82, 2.24) is 4.90 Å². The molecule has 1 fully saturated rings. The molecule has 0 radical (unpaired) electrons. The summed E-state index contributed by atoms with van der Waals surface area (Å²) in [7, 11) is 0. The minimum atomic E-state index is 0.0824. The number of nitrogens with zero attached hydrogens (tertiary/aromatic N) is 2. The van der Waals surface area contributed by atoms with Gasteiger partial charge in [-0.15, -0.1) is 0 Å². The predicted octanol–water partition coefficient (Wildman–Crippen LogP) is 3.73. The fourth-order valence-electron chi connectivity index (χ4n) is 3.88. The number of benzene rings is 2. The lowest BCUT2D eigenvalue weighted by molar-refractivity contribution is 0.0787. The lowest BCUT2D eigenvalue weighted by Crippen LogP contribution is -2.29. The third-order valence-electron chi connectivity index (χ3n) is 5.55. The molecule has 1 atom stereocenters. The second-order valence-electron chi connectivity index (χ2n) is 7.30. The van der Waals surface area contributed by atoms with E-state index in [1.54, 1.807) is 0 Å². The van der Waals surface area contributed by atoms with E-state index < -0.39 is 0 Å². The summed E-state index contributed by atoms with van der Waals surface area (Å²) in [4.78, 5) is 17.1. The van der Waals surface area contributed by atoms with E-state index in [1.165, 1.54) is 11.3 Å². The molecule has 4 nitrogen and oxygen atoms in total. The Balaban J connectivity index is 1.58. The highest BCUT2D eigenvalue weighted by atomic mass is 16.3. The highest BCUT2D eigenvalue weighted by molar-refractivity contribution is 5.94. The van der Waals surface area contributed by atoms with Crippen molar-refractivity contribution >= 4 is 11.6 Å². The van der Waals surface area contributed by atoms with E-state index in [9.17, 15) is 4.79 Å². The van der Waals surface area contributed by atoms with Crippen molar-refractivity contribution in [2.24, 2.45) is 5.92 Å². The first-order valence-corrected chi connectivity index (χ1v) is 9.97. The molecule has 4 heteroatoms. The first-order chi connectivity index (χ1) is 13.1. The third-order valence-corrected chi connectivity index (χ3v) is 5.55. The topological polar surface area (TPSA) is 43.8 Å². The summed E-state index contributed by atoms with van der Waals surface area (Å²) < 4.78 is 0. The second kappa shape index (κ2) is 9.05. The SMILES string of the molecule is CCN(CC)c1ccc(C(=O)N2CC[C@H](Cc3ccc(CO)cc3)C2)cc1. The van der Waals surface area contributed by atoms with Crippen molar-refractivity contribution < 1.29 is 9.90 Å². The van der Waals surface area contributed by atoms with Gasteiger partial charge in [0.2, 0.25) is 0 Å². The predicted molar refractivity (Wildman–Crippen MR) is 110 cm³/mol. The average molecular weight is 367 g/mol. The Bertz CT molecular complexity index is 736. The molecular formula is C23H30N2O2. The van der Waals surface area contributed by atoms with Crippen molar-refractivity contribution in [2.75, 3.05) is 31.1 Å². The number of carbonyl (C=O) groups excluding carboxylic acids is 1. The smallest absolute Gasteiger partial charge is 0.253 e. The molecule has 1 aliphatic heterocycles. The normalized spacial score (nSPS) is 16.6. The fourth-order valence-corrected chi connectivity index (χ4v) is 3.88. The van der Waals surface area contributed by atoms with E-state index in [0.29, 0.717) is 5.92 Å². The molecule has 1 saturated heterocycles. The number of amides is 1. The maximum Gasteiger partial charge on any atom is 0.253 e. The van der Waals surface area contributed by atoms with E-state index in [-0.39, 0.29) is 12.5 Å². The molecule has 3 rings (SSSR count). The summed E-state index contributed by atoms with van der Waals surface area (Å²) in [5.41, 5.74) is 4.16. The van der Waals surface area contributed by atoms with Crippen LogP contribution < -0.4 is 4.90 Å². The van der Waals surface area contributed by atoms with Crippen LogP contribution in [0.3, 0.4) is 0 Å². The lowest BCUT2D eigenvalue weighted by Gasteiger charge is -2.22. The lowest BCUT2D eigenvalue weighted by atomic mass is 9.98. The summed E-state index contributed by atoms with van der Waals surface area (Å²) in [6.45, 7) is 7.95. The minimum Gasteiger partial charge on any atom is -0.392 e. The van der Waals surface area contributed by atoms with Crippen LogP contribution in [0, 0.1) is 5.92 Å². The van der Waals surface area contributed by atoms with Crippen LogP contribution in [-0.2, 0) is 13.0 Å². The molecule has 0 saturated carbocycles. The fraction of sp³-hybridized carbons (Fsp3) is 0.435. The molecule has 0 aliphatic carbocycles. The van der Waals surface area contributed by atoms with E-state index in [0.717, 1.165) is 50.1 Å². The zero-order chi connectivity index (χ0) is 19.2. The molecule has 2 aromatic carbocycles. The van der Waals surface area contributed by atoms with Gasteiger partial charge in [0.1, 0.15) is 0 Å². The van der Waals surface area contributed by atoms with E-state index in [4.69, 9.17) is 5.11 Å². The van der Waals surface area contributed by atoms with Gasteiger partial charge in [-0.05, 0) is 68.0 Å². The molecule has 0 bridgehead atoms. The number of likely N-dealkylation sites (tertiary alicyclic amines) is 1. The van der Waals surface area contributed by atoms with Gasteiger partial charge in [0.15, 0.2) is 0 Å². The second-order valence-corrected chi connectivity index (χ2v) is 7.30. The number of rotatable bonds is 7. The Kier molecular flexibility index (Phi) is 6.51.